The lowest BCUT2D eigenvalue weighted by Gasteiger charge is -2.40. The predicted octanol–water partition coefficient (Wildman–Crippen LogP) is 4.34. The Bertz CT molecular complexity index is 1170. The normalized spacial score (nSPS) is 19.5. The minimum Gasteiger partial charge on any atom is -0.493 e. The Morgan fingerprint density at radius 2 is 1.91 bits per heavy atom. The third-order valence-corrected chi connectivity index (χ3v) is 6.14. The van der Waals surface area contributed by atoms with Crippen molar-refractivity contribution in [2.45, 2.75) is 39.5 Å². The number of anilines is 1. The summed E-state index contributed by atoms with van der Waals surface area (Å²) in [7, 11) is 3.13. The van der Waals surface area contributed by atoms with Crippen molar-refractivity contribution in [2.24, 2.45) is 5.41 Å². The van der Waals surface area contributed by atoms with Crippen LogP contribution in [0.4, 0.5) is 5.82 Å². The van der Waals surface area contributed by atoms with Gasteiger partial charge in [0.2, 0.25) is 0 Å². The lowest BCUT2D eigenvalue weighted by molar-refractivity contribution is -0.118. The fraction of sp³-hybridized carbons (Fsp3) is 0.346. The van der Waals surface area contributed by atoms with Gasteiger partial charge in [0.05, 0.1) is 20.1 Å². The molecule has 1 aliphatic heterocycles. The molecule has 1 aliphatic carbocycles. The Morgan fingerprint density at radius 3 is 2.58 bits per heavy atom. The summed E-state index contributed by atoms with van der Waals surface area (Å²) in [5.41, 5.74) is 3.17. The van der Waals surface area contributed by atoms with Gasteiger partial charge in [0.15, 0.2) is 17.3 Å². The second-order valence-corrected chi connectivity index (χ2v) is 9.18. The van der Waals surface area contributed by atoms with E-state index in [1.807, 2.05) is 19.1 Å². The van der Waals surface area contributed by atoms with Gasteiger partial charge in [-0.15, -0.1) is 0 Å². The predicted molar refractivity (Wildman–Crippen MR) is 126 cm³/mol. The van der Waals surface area contributed by atoms with Crippen LogP contribution in [0.25, 0.3) is 0 Å². The molecule has 1 atom stereocenters. The zero-order chi connectivity index (χ0) is 23.8. The van der Waals surface area contributed by atoms with E-state index in [0.717, 1.165) is 5.70 Å². The number of pyridine rings is 1. The molecule has 7 nitrogen and oxygen atoms in total. The fourth-order valence-electron chi connectivity index (χ4n) is 4.81. The van der Waals surface area contributed by atoms with E-state index in [2.05, 4.69) is 29.5 Å². The number of methoxy groups -OCH3 is 2. The molecule has 0 saturated carbocycles. The van der Waals surface area contributed by atoms with E-state index in [-0.39, 0.29) is 17.1 Å². The van der Waals surface area contributed by atoms with Crippen LogP contribution in [0.2, 0.25) is 0 Å². The Balaban J connectivity index is 1.89. The summed E-state index contributed by atoms with van der Waals surface area (Å²) < 4.78 is 11.2. The topological polar surface area (TPSA) is 89.5 Å². The van der Waals surface area contributed by atoms with Crippen LogP contribution >= 0.6 is 0 Å². The highest BCUT2D eigenvalue weighted by atomic mass is 16.5. The lowest BCUT2D eigenvalue weighted by atomic mass is 9.68. The van der Waals surface area contributed by atoms with Crippen LogP contribution in [0.15, 0.2) is 65.1 Å². The molecule has 7 heteroatoms. The SMILES string of the molecule is COc1cccc(C2C(C(=O)Nc3ccccn3)=C(C)NC3=C2C(=O)CC(C)(C)C3)c1OC. The Morgan fingerprint density at radius 1 is 1.12 bits per heavy atom. The molecule has 2 aromatic rings. The van der Waals surface area contributed by atoms with Crippen molar-refractivity contribution < 1.29 is 19.1 Å². The molecule has 4 rings (SSSR count). The molecule has 1 aromatic heterocycles. The first-order chi connectivity index (χ1) is 15.8. The molecule has 2 heterocycles. The zero-order valence-electron chi connectivity index (χ0n) is 19.6. The number of aromatic nitrogens is 1. The van der Waals surface area contributed by atoms with E-state index in [1.54, 1.807) is 44.7 Å². The van der Waals surface area contributed by atoms with Gasteiger partial charge in [-0.25, -0.2) is 4.98 Å². The highest BCUT2D eigenvalue weighted by Crippen LogP contribution is 2.49. The van der Waals surface area contributed by atoms with Crippen molar-refractivity contribution in [3.63, 3.8) is 0 Å². The van der Waals surface area contributed by atoms with Gasteiger partial charge in [-0.3, -0.25) is 9.59 Å². The van der Waals surface area contributed by atoms with Gasteiger partial charge in [-0.05, 0) is 37.0 Å². The number of nitrogens with zero attached hydrogens (tertiary/aromatic N) is 1. The molecule has 172 valence electrons. The highest BCUT2D eigenvalue weighted by molar-refractivity contribution is 6.09. The molecule has 0 fully saturated rings. The number of carbonyl (C=O) groups excluding carboxylic acids is 2. The number of Topliss-reactive ketones (excluding diaryl/α,β-unsaturated/α-hetero) is 1. The number of ether oxygens (including phenoxy) is 2. The van der Waals surface area contributed by atoms with E-state index >= 15 is 0 Å². The highest BCUT2D eigenvalue weighted by Gasteiger charge is 2.43. The maximum atomic E-state index is 13.6. The number of allylic oxidation sites excluding steroid dienone is 3. The molecule has 2 N–H and O–H groups in total. The van der Waals surface area contributed by atoms with Crippen molar-refractivity contribution in [1.82, 2.24) is 10.3 Å². The molecular weight excluding hydrogens is 418 g/mol. The maximum Gasteiger partial charge on any atom is 0.255 e. The van der Waals surface area contributed by atoms with E-state index in [0.29, 0.717) is 52.6 Å². The number of benzene rings is 1. The average Bonchev–Trinajstić information content (AvgIpc) is 2.77. The number of rotatable bonds is 5. The molecule has 2 aliphatic rings. The largest absolute Gasteiger partial charge is 0.493 e. The summed E-state index contributed by atoms with van der Waals surface area (Å²) in [5, 5.41) is 6.25. The van der Waals surface area contributed by atoms with E-state index in [4.69, 9.17) is 9.47 Å². The van der Waals surface area contributed by atoms with Crippen LogP contribution in [0.5, 0.6) is 11.5 Å². The lowest BCUT2D eigenvalue weighted by Crippen LogP contribution is -2.39. The number of ketones is 1. The minimum atomic E-state index is -0.599. The molecule has 0 saturated heterocycles. The van der Waals surface area contributed by atoms with Gasteiger partial charge in [0.1, 0.15) is 5.82 Å². The third kappa shape index (κ3) is 4.23. The van der Waals surface area contributed by atoms with Crippen LogP contribution < -0.4 is 20.1 Å². The van der Waals surface area contributed by atoms with Gasteiger partial charge in [0, 0.05) is 40.7 Å². The number of hydrogen-bond donors (Lipinski definition) is 2. The quantitative estimate of drug-likeness (QED) is 0.709. The van der Waals surface area contributed by atoms with Crippen molar-refractivity contribution in [1.29, 1.82) is 0 Å². The van der Waals surface area contributed by atoms with Crippen LogP contribution in [0.1, 0.15) is 45.1 Å². The first kappa shape index (κ1) is 22.6. The number of amides is 1. The first-order valence-electron chi connectivity index (χ1n) is 10.9. The molecule has 0 bridgehead atoms. The standard InChI is InChI=1S/C26H29N3O4/c1-15-21(25(31)29-20-11-6-7-12-27-20)22(16-9-8-10-19(32-4)24(16)33-5)23-17(28-15)13-26(2,3)14-18(23)30/h6-12,22,28H,13-14H2,1-5H3,(H,27,29,31). The van der Waals surface area contributed by atoms with Crippen molar-refractivity contribution in [2.75, 3.05) is 19.5 Å². The van der Waals surface area contributed by atoms with Crippen molar-refractivity contribution >= 4 is 17.5 Å². The molecule has 1 unspecified atom stereocenters. The van der Waals surface area contributed by atoms with Crippen molar-refractivity contribution in [3.05, 3.63) is 70.7 Å². The van der Waals surface area contributed by atoms with Crippen LogP contribution in [0, 0.1) is 5.41 Å². The van der Waals surface area contributed by atoms with Crippen molar-refractivity contribution in [3.8, 4) is 11.5 Å². The summed E-state index contributed by atoms with van der Waals surface area (Å²) >= 11 is 0. The van der Waals surface area contributed by atoms with E-state index in [9.17, 15) is 9.59 Å². The molecular formula is C26H29N3O4. The molecule has 1 amide bonds. The van der Waals surface area contributed by atoms with Gasteiger partial charge in [-0.2, -0.15) is 0 Å². The average molecular weight is 448 g/mol. The van der Waals surface area contributed by atoms with Gasteiger partial charge >= 0.3 is 0 Å². The molecule has 33 heavy (non-hydrogen) atoms. The first-order valence-corrected chi connectivity index (χ1v) is 10.9. The van der Waals surface area contributed by atoms with E-state index in [1.165, 1.54) is 0 Å². The number of dihydropyridines is 1. The summed E-state index contributed by atoms with van der Waals surface area (Å²) in [6.45, 7) is 6.03. The minimum absolute atomic E-state index is 0.0271. The summed E-state index contributed by atoms with van der Waals surface area (Å²) in [6, 6.07) is 10.8. The Labute approximate surface area is 193 Å². The number of hydrogen-bond acceptors (Lipinski definition) is 6. The van der Waals surface area contributed by atoms with Crippen LogP contribution in [-0.2, 0) is 9.59 Å². The molecule has 0 spiro atoms. The molecule has 1 aromatic carbocycles. The summed E-state index contributed by atoms with van der Waals surface area (Å²) in [6.07, 6.45) is 2.74. The number of para-hydroxylation sites is 1. The molecule has 0 radical (unpaired) electrons. The maximum absolute atomic E-state index is 13.6. The Kier molecular flexibility index (Phi) is 5.97. The second-order valence-electron chi connectivity index (χ2n) is 9.18. The van der Waals surface area contributed by atoms with Gasteiger partial charge < -0.3 is 20.1 Å². The second kappa shape index (κ2) is 8.73. The summed E-state index contributed by atoms with van der Waals surface area (Å²) in [4.78, 5) is 31.3. The van der Waals surface area contributed by atoms with Crippen LogP contribution in [-0.4, -0.2) is 30.9 Å². The Hall–Kier alpha value is -3.61. The number of nitrogens with one attached hydrogen (secondary N) is 2. The zero-order valence-corrected chi connectivity index (χ0v) is 19.6. The van der Waals surface area contributed by atoms with Crippen LogP contribution in [0.3, 0.4) is 0 Å². The third-order valence-electron chi connectivity index (χ3n) is 6.14. The van der Waals surface area contributed by atoms with E-state index < -0.39 is 5.92 Å². The monoisotopic (exact) mass is 447 g/mol. The van der Waals surface area contributed by atoms with Gasteiger partial charge in [0.25, 0.3) is 5.91 Å². The number of carbonyl (C=O) groups is 2. The summed E-state index contributed by atoms with van der Waals surface area (Å²) in [5.74, 6) is 0.597. The van der Waals surface area contributed by atoms with Gasteiger partial charge in [-0.1, -0.05) is 32.0 Å². The fourth-order valence-corrected chi connectivity index (χ4v) is 4.81. The smallest absolute Gasteiger partial charge is 0.255 e.